The third kappa shape index (κ3) is 6.28. The van der Waals surface area contributed by atoms with Gasteiger partial charge in [-0.15, -0.1) is 0 Å². The molecule has 3 nitrogen and oxygen atoms in total. The lowest BCUT2D eigenvalue weighted by molar-refractivity contribution is 0.165. The molecule has 0 aliphatic carbocycles. The summed E-state index contributed by atoms with van der Waals surface area (Å²) in [6.07, 6.45) is 3.45. The van der Waals surface area contributed by atoms with Crippen LogP contribution in [-0.2, 0) is 4.74 Å². The molecule has 0 fully saturated rings. The predicted molar refractivity (Wildman–Crippen MR) is 47.6 cm³/mol. The standard InChI is InChI=1S/C8H20N2O/c1-10-8(7-11-2)5-3-4-6-9/h8,10H,3-7,9H2,1-2H3. The number of hydrogen-bond acceptors (Lipinski definition) is 3. The van der Waals surface area contributed by atoms with Crippen molar-refractivity contribution < 1.29 is 4.74 Å². The number of likely N-dealkylation sites (N-methyl/N-ethyl adjacent to an activating group) is 1. The number of hydrogen-bond donors (Lipinski definition) is 2. The van der Waals surface area contributed by atoms with Crippen LogP contribution in [-0.4, -0.2) is 33.4 Å². The van der Waals surface area contributed by atoms with Gasteiger partial charge in [-0.1, -0.05) is 6.42 Å². The van der Waals surface area contributed by atoms with Gasteiger partial charge in [-0.05, 0) is 26.4 Å². The summed E-state index contributed by atoms with van der Waals surface area (Å²) in [5.74, 6) is 0. The normalized spacial score (nSPS) is 13.4. The molecule has 0 saturated carbocycles. The van der Waals surface area contributed by atoms with Crippen molar-refractivity contribution in [3.8, 4) is 0 Å². The Kier molecular flexibility index (Phi) is 7.89. The predicted octanol–water partition coefficient (Wildman–Crippen LogP) is 0.350. The van der Waals surface area contributed by atoms with Crippen molar-refractivity contribution in [3.63, 3.8) is 0 Å². The molecule has 0 spiro atoms. The molecule has 0 aromatic heterocycles. The van der Waals surface area contributed by atoms with Gasteiger partial charge in [0.15, 0.2) is 0 Å². The Balaban J connectivity index is 3.20. The first-order valence-electron chi connectivity index (χ1n) is 4.21. The van der Waals surface area contributed by atoms with Gasteiger partial charge in [0.05, 0.1) is 6.61 Å². The van der Waals surface area contributed by atoms with Gasteiger partial charge in [0.2, 0.25) is 0 Å². The van der Waals surface area contributed by atoms with Crippen LogP contribution in [0.25, 0.3) is 0 Å². The number of ether oxygens (including phenoxy) is 1. The van der Waals surface area contributed by atoms with E-state index in [2.05, 4.69) is 5.32 Å². The fourth-order valence-electron chi connectivity index (χ4n) is 1.05. The molecule has 0 saturated heterocycles. The molecule has 0 aliphatic rings. The summed E-state index contributed by atoms with van der Waals surface area (Å²) < 4.78 is 5.03. The van der Waals surface area contributed by atoms with Gasteiger partial charge in [0.25, 0.3) is 0 Å². The van der Waals surface area contributed by atoms with E-state index in [4.69, 9.17) is 10.5 Å². The van der Waals surface area contributed by atoms with Gasteiger partial charge in [-0.3, -0.25) is 0 Å². The molecule has 1 unspecified atom stereocenters. The second kappa shape index (κ2) is 7.98. The Morgan fingerprint density at radius 1 is 1.45 bits per heavy atom. The molecule has 0 amide bonds. The van der Waals surface area contributed by atoms with E-state index in [1.165, 1.54) is 6.42 Å². The number of nitrogens with one attached hydrogen (secondary N) is 1. The maximum absolute atomic E-state index is 5.38. The Labute approximate surface area is 69.3 Å². The van der Waals surface area contributed by atoms with Crippen LogP contribution in [0.4, 0.5) is 0 Å². The van der Waals surface area contributed by atoms with Crippen LogP contribution in [0.3, 0.4) is 0 Å². The van der Waals surface area contributed by atoms with Crippen molar-refractivity contribution in [3.05, 3.63) is 0 Å². The lowest BCUT2D eigenvalue weighted by Crippen LogP contribution is -2.29. The molecule has 0 aromatic rings. The van der Waals surface area contributed by atoms with E-state index in [1.807, 2.05) is 7.05 Å². The van der Waals surface area contributed by atoms with Gasteiger partial charge >= 0.3 is 0 Å². The number of methoxy groups -OCH3 is 1. The van der Waals surface area contributed by atoms with Crippen molar-refractivity contribution in [2.45, 2.75) is 25.3 Å². The zero-order chi connectivity index (χ0) is 8.53. The number of rotatable bonds is 7. The summed E-state index contributed by atoms with van der Waals surface area (Å²) in [4.78, 5) is 0. The summed E-state index contributed by atoms with van der Waals surface area (Å²) in [6.45, 7) is 1.59. The molecule has 0 aliphatic heterocycles. The van der Waals surface area contributed by atoms with Crippen LogP contribution in [0.5, 0.6) is 0 Å². The third-order valence-corrected chi connectivity index (χ3v) is 1.78. The van der Waals surface area contributed by atoms with Crippen LogP contribution < -0.4 is 11.1 Å². The monoisotopic (exact) mass is 160 g/mol. The Morgan fingerprint density at radius 3 is 2.64 bits per heavy atom. The molecule has 1 atom stereocenters. The zero-order valence-corrected chi connectivity index (χ0v) is 7.60. The fourth-order valence-corrected chi connectivity index (χ4v) is 1.05. The molecular formula is C8H20N2O. The second-order valence-corrected chi connectivity index (χ2v) is 2.73. The van der Waals surface area contributed by atoms with Gasteiger partial charge in [-0.2, -0.15) is 0 Å². The van der Waals surface area contributed by atoms with Crippen LogP contribution in [0, 0.1) is 0 Å². The summed E-state index contributed by atoms with van der Waals surface area (Å²) >= 11 is 0. The first-order chi connectivity index (χ1) is 5.35. The average molecular weight is 160 g/mol. The van der Waals surface area contributed by atoms with Crippen LogP contribution in [0.15, 0.2) is 0 Å². The lowest BCUT2D eigenvalue weighted by atomic mass is 10.1. The van der Waals surface area contributed by atoms with Crippen LogP contribution >= 0.6 is 0 Å². The molecule has 0 heterocycles. The molecular weight excluding hydrogens is 140 g/mol. The van der Waals surface area contributed by atoms with Gasteiger partial charge in [0.1, 0.15) is 0 Å². The summed E-state index contributed by atoms with van der Waals surface area (Å²) in [5, 5.41) is 3.20. The zero-order valence-electron chi connectivity index (χ0n) is 7.60. The van der Waals surface area contributed by atoms with Gasteiger partial charge in [-0.25, -0.2) is 0 Å². The van der Waals surface area contributed by atoms with E-state index in [0.29, 0.717) is 6.04 Å². The topological polar surface area (TPSA) is 47.3 Å². The largest absolute Gasteiger partial charge is 0.383 e. The van der Waals surface area contributed by atoms with Crippen molar-refractivity contribution in [1.82, 2.24) is 5.32 Å². The van der Waals surface area contributed by atoms with Crippen molar-refractivity contribution in [2.24, 2.45) is 5.73 Å². The molecule has 0 bridgehead atoms. The lowest BCUT2D eigenvalue weighted by Gasteiger charge is -2.13. The molecule has 3 N–H and O–H groups in total. The summed E-state index contributed by atoms with van der Waals surface area (Å²) in [6, 6.07) is 0.492. The Morgan fingerprint density at radius 2 is 2.18 bits per heavy atom. The molecule has 0 radical (unpaired) electrons. The molecule has 68 valence electrons. The highest BCUT2D eigenvalue weighted by Crippen LogP contribution is 1.99. The summed E-state index contributed by atoms with van der Waals surface area (Å²) in [7, 11) is 3.69. The van der Waals surface area contributed by atoms with Gasteiger partial charge in [0, 0.05) is 13.2 Å². The van der Waals surface area contributed by atoms with Gasteiger partial charge < -0.3 is 15.8 Å². The van der Waals surface area contributed by atoms with Crippen molar-refractivity contribution in [2.75, 3.05) is 27.3 Å². The highest BCUT2D eigenvalue weighted by molar-refractivity contribution is 4.62. The summed E-state index contributed by atoms with van der Waals surface area (Å²) in [5.41, 5.74) is 5.38. The highest BCUT2D eigenvalue weighted by atomic mass is 16.5. The molecule has 0 rings (SSSR count). The maximum Gasteiger partial charge on any atom is 0.0615 e. The Hall–Kier alpha value is -0.120. The number of nitrogens with two attached hydrogens (primary N) is 1. The van der Waals surface area contributed by atoms with Crippen LogP contribution in [0.2, 0.25) is 0 Å². The third-order valence-electron chi connectivity index (χ3n) is 1.78. The minimum absolute atomic E-state index is 0.492. The van der Waals surface area contributed by atoms with E-state index in [0.717, 1.165) is 26.0 Å². The average Bonchev–Trinajstić information content (AvgIpc) is 2.03. The van der Waals surface area contributed by atoms with E-state index >= 15 is 0 Å². The highest BCUT2D eigenvalue weighted by Gasteiger charge is 2.03. The smallest absolute Gasteiger partial charge is 0.0615 e. The van der Waals surface area contributed by atoms with E-state index in [-0.39, 0.29) is 0 Å². The molecule has 11 heavy (non-hydrogen) atoms. The first-order valence-corrected chi connectivity index (χ1v) is 4.21. The number of unbranched alkanes of at least 4 members (excludes halogenated alkanes) is 1. The van der Waals surface area contributed by atoms with E-state index in [1.54, 1.807) is 7.11 Å². The Bertz CT molecular complexity index is 78.5. The van der Waals surface area contributed by atoms with E-state index < -0.39 is 0 Å². The van der Waals surface area contributed by atoms with Crippen molar-refractivity contribution >= 4 is 0 Å². The van der Waals surface area contributed by atoms with Crippen LogP contribution in [0.1, 0.15) is 19.3 Å². The first kappa shape index (κ1) is 10.9. The fraction of sp³-hybridized carbons (Fsp3) is 1.00. The second-order valence-electron chi connectivity index (χ2n) is 2.73. The maximum atomic E-state index is 5.38. The van der Waals surface area contributed by atoms with E-state index in [9.17, 15) is 0 Å². The quantitative estimate of drug-likeness (QED) is 0.528. The minimum Gasteiger partial charge on any atom is -0.383 e. The molecule has 0 aromatic carbocycles. The van der Waals surface area contributed by atoms with Crippen molar-refractivity contribution in [1.29, 1.82) is 0 Å². The minimum atomic E-state index is 0.492. The molecule has 3 heteroatoms. The SMILES string of the molecule is CNC(CCCCN)COC.